The van der Waals surface area contributed by atoms with Crippen molar-refractivity contribution in [2.75, 3.05) is 0 Å². The maximum atomic E-state index is 13.3. The number of thiazole rings is 1. The van der Waals surface area contributed by atoms with Crippen molar-refractivity contribution < 1.29 is 22.7 Å². The van der Waals surface area contributed by atoms with E-state index in [0.29, 0.717) is 11.3 Å². The normalized spacial score (nSPS) is 13.6. The van der Waals surface area contributed by atoms with E-state index in [-0.39, 0.29) is 14.9 Å². The quantitative estimate of drug-likeness (QED) is 0.821. The number of nitrogens with zero attached hydrogens (tertiary/aromatic N) is 1. The molecule has 19 heavy (non-hydrogen) atoms. The van der Waals surface area contributed by atoms with Crippen molar-refractivity contribution in [1.29, 1.82) is 0 Å². The minimum atomic E-state index is -4.55. The Bertz CT molecular complexity index is 599. The molecule has 0 saturated heterocycles. The van der Waals surface area contributed by atoms with Gasteiger partial charge in [-0.25, -0.2) is 9.37 Å². The molecule has 1 aromatic heterocycles. The highest BCUT2D eigenvalue weighted by Crippen LogP contribution is 2.36. The smallest absolute Gasteiger partial charge is 0.383 e. The lowest BCUT2D eigenvalue weighted by molar-refractivity contribution is -0.137. The third-order valence-electron chi connectivity index (χ3n) is 2.29. The van der Waals surface area contributed by atoms with Crippen molar-refractivity contribution in [3.63, 3.8) is 0 Å². The minimum Gasteiger partial charge on any atom is -0.383 e. The lowest BCUT2D eigenvalue weighted by Crippen LogP contribution is -2.03. The van der Waals surface area contributed by atoms with Crippen LogP contribution < -0.4 is 0 Å². The largest absolute Gasteiger partial charge is 0.443 e. The summed E-state index contributed by atoms with van der Waals surface area (Å²) in [5.41, 5.74) is 0.165. The summed E-state index contributed by atoms with van der Waals surface area (Å²) >= 11 is 3.28. The van der Waals surface area contributed by atoms with Crippen LogP contribution in [0.15, 0.2) is 28.9 Å². The van der Waals surface area contributed by atoms with Gasteiger partial charge in [0, 0.05) is 6.20 Å². The third kappa shape index (κ3) is 3.13. The molecular weight excluding hydrogens is 350 g/mol. The van der Waals surface area contributed by atoms with E-state index in [1.165, 1.54) is 12.1 Å². The Balaban J connectivity index is 2.31. The molecule has 0 aliphatic rings. The molecule has 0 fully saturated rings. The van der Waals surface area contributed by atoms with Gasteiger partial charge in [-0.1, -0.05) is 6.07 Å². The van der Waals surface area contributed by atoms with Gasteiger partial charge in [0.05, 0.1) is 9.35 Å². The number of aliphatic hydroxyl groups is 1. The van der Waals surface area contributed by atoms with Crippen molar-refractivity contribution in [3.8, 4) is 0 Å². The Labute approximate surface area is 117 Å². The van der Waals surface area contributed by atoms with Crippen molar-refractivity contribution in [1.82, 2.24) is 4.98 Å². The molecule has 0 aliphatic carbocycles. The minimum absolute atomic E-state index is 0.00838. The molecule has 1 N–H and O–H groups in total. The fraction of sp³-hybridized carbons (Fsp3) is 0.182. The van der Waals surface area contributed by atoms with Gasteiger partial charge in [-0.15, -0.1) is 11.3 Å². The third-order valence-corrected chi connectivity index (χ3v) is 4.03. The maximum absolute atomic E-state index is 13.3. The van der Waals surface area contributed by atoms with Gasteiger partial charge < -0.3 is 5.11 Å². The first-order valence-corrected chi connectivity index (χ1v) is 6.56. The van der Waals surface area contributed by atoms with Gasteiger partial charge in [0.2, 0.25) is 0 Å². The van der Waals surface area contributed by atoms with E-state index in [0.717, 1.165) is 12.3 Å². The van der Waals surface area contributed by atoms with Crippen LogP contribution in [0.4, 0.5) is 17.6 Å². The number of rotatable bonds is 2. The van der Waals surface area contributed by atoms with E-state index >= 15 is 0 Å². The van der Waals surface area contributed by atoms with Crippen molar-refractivity contribution in [2.45, 2.75) is 12.3 Å². The molecule has 1 atom stereocenters. The van der Waals surface area contributed by atoms with Crippen LogP contribution in [0, 0.1) is 5.82 Å². The highest BCUT2D eigenvalue weighted by molar-refractivity contribution is 9.10. The standard InChI is InChI=1S/C11H6BrF4NOS/c12-6-2-1-5(3-7(6)13)9(18)8-4-17-10(19-8)11(14,15)16/h1-4,9,18H. The zero-order valence-electron chi connectivity index (χ0n) is 9.08. The van der Waals surface area contributed by atoms with Gasteiger partial charge >= 0.3 is 6.18 Å². The molecule has 1 heterocycles. The Kier molecular flexibility index (Phi) is 3.93. The zero-order chi connectivity index (χ0) is 14.2. The second-order valence-corrected chi connectivity index (χ2v) is 5.56. The molecule has 1 unspecified atom stereocenters. The predicted octanol–water partition coefficient (Wildman–Crippen LogP) is 4.15. The number of aliphatic hydroxyl groups excluding tert-OH is 1. The Hall–Kier alpha value is -0.990. The summed E-state index contributed by atoms with van der Waals surface area (Å²) in [6.07, 6.45) is -4.94. The van der Waals surface area contributed by atoms with Crippen LogP contribution in [0.5, 0.6) is 0 Å². The van der Waals surface area contributed by atoms with Crippen LogP contribution in [0.3, 0.4) is 0 Å². The molecule has 1 aromatic carbocycles. The van der Waals surface area contributed by atoms with Crippen molar-refractivity contribution in [2.24, 2.45) is 0 Å². The number of halogens is 5. The van der Waals surface area contributed by atoms with Crippen LogP contribution in [-0.2, 0) is 6.18 Å². The van der Waals surface area contributed by atoms with Crippen molar-refractivity contribution in [3.05, 3.63) is 50.1 Å². The zero-order valence-corrected chi connectivity index (χ0v) is 11.5. The lowest BCUT2D eigenvalue weighted by Gasteiger charge is -2.09. The fourth-order valence-corrected chi connectivity index (χ4v) is 2.43. The average molecular weight is 356 g/mol. The van der Waals surface area contributed by atoms with Crippen LogP contribution in [0.2, 0.25) is 0 Å². The molecule has 102 valence electrons. The molecular formula is C11H6BrF4NOS. The number of hydrogen-bond acceptors (Lipinski definition) is 3. The van der Waals surface area contributed by atoms with E-state index in [9.17, 15) is 22.7 Å². The molecule has 2 aromatic rings. The molecule has 2 nitrogen and oxygen atoms in total. The van der Waals surface area contributed by atoms with E-state index in [1.54, 1.807) is 0 Å². The van der Waals surface area contributed by atoms with Crippen LogP contribution >= 0.6 is 27.3 Å². The SMILES string of the molecule is OC(c1ccc(Br)c(F)c1)c1cnc(C(F)(F)F)s1. The second kappa shape index (κ2) is 5.18. The van der Waals surface area contributed by atoms with Gasteiger partial charge in [0.15, 0.2) is 5.01 Å². The summed E-state index contributed by atoms with van der Waals surface area (Å²) in [7, 11) is 0. The first-order valence-electron chi connectivity index (χ1n) is 4.95. The molecule has 0 radical (unpaired) electrons. The summed E-state index contributed by atoms with van der Waals surface area (Å²) in [6, 6.07) is 3.85. The predicted molar refractivity (Wildman–Crippen MR) is 65.3 cm³/mol. The summed E-state index contributed by atoms with van der Waals surface area (Å²) < 4.78 is 50.7. The molecule has 0 aliphatic heterocycles. The highest BCUT2D eigenvalue weighted by Gasteiger charge is 2.35. The van der Waals surface area contributed by atoms with Crippen LogP contribution in [0.1, 0.15) is 21.6 Å². The van der Waals surface area contributed by atoms with E-state index in [2.05, 4.69) is 20.9 Å². The summed E-state index contributed by atoms with van der Waals surface area (Å²) in [6.45, 7) is 0. The molecule has 2 rings (SSSR count). The van der Waals surface area contributed by atoms with Gasteiger partial charge in [-0.3, -0.25) is 0 Å². The molecule has 0 bridgehead atoms. The number of alkyl halides is 3. The Morgan fingerprint density at radius 3 is 2.53 bits per heavy atom. The molecule has 8 heteroatoms. The van der Waals surface area contributed by atoms with Gasteiger partial charge in [0.1, 0.15) is 11.9 Å². The van der Waals surface area contributed by atoms with Gasteiger partial charge in [-0.2, -0.15) is 13.2 Å². The van der Waals surface area contributed by atoms with Crippen LogP contribution in [-0.4, -0.2) is 10.1 Å². The monoisotopic (exact) mass is 355 g/mol. The molecule has 0 amide bonds. The highest BCUT2D eigenvalue weighted by atomic mass is 79.9. The first-order chi connectivity index (χ1) is 8.79. The Morgan fingerprint density at radius 1 is 1.32 bits per heavy atom. The van der Waals surface area contributed by atoms with Crippen LogP contribution in [0.25, 0.3) is 0 Å². The Morgan fingerprint density at radius 2 is 2.00 bits per heavy atom. The number of hydrogen-bond donors (Lipinski definition) is 1. The van der Waals surface area contributed by atoms with Gasteiger partial charge in [-0.05, 0) is 33.6 Å². The summed E-state index contributed by atoms with van der Waals surface area (Å²) in [4.78, 5) is 3.21. The van der Waals surface area contributed by atoms with Gasteiger partial charge in [0.25, 0.3) is 0 Å². The van der Waals surface area contributed by atoms with Crippen molar-refractivity contribution >= 4 is 27.3 Å². The summed E-state index contributed by atoms with van der Waals surface area (Å²) in [5, 5.41) is 8.86. The second-order valence-electron chi connectivity index (χ2n) is 3.64. The topological polar surface area (TPSA) is 33.1 Å². The summed E-state index contributed by atoms with van der Waals surface area (Å²) in [5.74, 6) is -0.600. The maximum Gasteiger partial charge on any atom is 0.443 e. The van der Waals surface area contributed by atoms with E-state index < -0.39 is 23.1 Å². The van der Waals surface area contributed by atoms with E-state index in [1.807, 2.05) is 0 Å². The number of benzene rings is 1. The fourth-order valence-electron chi connectivity index (χ4n) is 1.39. The first kappa shape index (κ1) is 14.4. The molecule has 0 spiro atoms. The lowest BCUT2D eigenvalue weighted by atomic mass is 10.1. The van der Waals surface area contributed by atoms with E-state index in [4.69, 9.17) is 0 Å². The average Bonchev–Trinajstić information content (AvgIpc) is 2.81. The molecule has 0 saturated carbocycles. The number of aromatic nitrogens is 1.